The molecule has 1 atom stereocenters. The van der Waals surface area contributed by atoms with Crippen molar-refractivity contribution in [1.29, 1.82) is 0 Å². The number of carbonyl (C=O) groups excluding carboxylic acids is 1. The lowest BCUT2D eigenvalue weighted by Crippen LogP contribution is -2.40. The van der Waals surface area contributed by atoms with Gasteiger partial charge in [0.25, 0.3) is 0 Å². The fourth-order valence-electron chi connectivity index (χ4n) is 4.09. The van der Waals surface area contributed by atoms with Gasteiger partial charge in [-0.2, -0.15) is 4.31 Å². The van der Waals surface area contributed by atoms with Crippen molar-refractivity contribution in [3.63, 3.8) is 0 Å². The summed E-state index contributed by atoms with van der Waals surface area (Å²) in [6.45, 7) is 7.02. The number of sulfonamides is 1. The van der Waals surface area contributed by atoms with E-state index in [1.54, 1.807) is 30.0 Å². The zero-order valence-corrected chi connectivity index (χ0v) is 20.0. The molecular weight excluding hydrogens is 446 g/mol. The van der Waals surface area contributed by atoms with Crippen LogP contribution in [0.4, 0.5) is 11.4 Å². The van der Waals surface area contributed by atoms with E-state index in [0.29, 0.717) is 38.4 Å². The van der Waals surface area contributed by atoms with E-state index in [4.69, 9.17) is 4.74 Å². The second-order valence-corrected chi connectivity index (χ2v) is 11.0. The minimum Gasteiger partial charge on any atom is -0.379 e. The van der Waals surface area contributed by atoms with E-state index in [0.717, 1.165) is 23.7 Å². The zero-order chi connectivity index (χ0) is 22.7. The quantitative estimate of drug-likeness (QED) is 0.663. The standard InChI is InChI=1S/C23H29N3O4S2/c1-3-25(4-2)20-10-9-18(32(28,29)26-11-13-30-14-12-26)16-19(20)24-23(27)22-15-17-7-5-6-8-21(17)31-22/h5-10,16,22H,3-4,11-15H2,1-2H3,(H,24,27). The molecular formula is C23H29N3O4S2. The predicted molar refractivity (Wildman–Crippen MR) is 128 cm³/mol. The van der Waals surface area contributed by atoms with Crippen molar-refractivity contribution >= 4 is 39.1 Å². The first kappa shape index (κ1) is 23.1. The molecule has 1 fully saturated rings. The van der Waals surface area contributed by atoms with Crippen molar-refractivity contribution in [3.05, 3.63) is 48.0 Å². The first-order valence-electron chi connectivity index (χ1n) is 11.0. The maximum Gasteiger partial charge on any atom is 0.243 e. The molecule has 32 heavy (non-hydrogen) atoms. The van der Waals surface area contributed by atoms with Crippen LogP contribution >= 0.6 is 11.8 Å². The Bertz CT molecular complexity index is 1060. The maximum atomic E-state index is 13.2. The lowest BCUT2D eigenvalue weighted by molar-refractivity contribution is -0.115. The first-order valence-corrected chi connectivity index (χ1v) is 13.3. The van der Waals surface area contributed by atoms with E-state index in [9.17, 15) is 13.2 Å². The minimum absolute atomic E-state index is 0.111. The van der Waals surface area contributed by atoms with Crippen LogP contribution in [-0.2, 0) is 26.0 Å². The normalized spacial score (nSPS) is 18.9. The Balaban J connectivity index is 1.62. The van der Waals surface area contributed by atoms with Crippen LogP contribution < -0.4 is 10.2 Å². The van der Waals surface area contributed by atoms with Crippen LogP contribution in [0.5, 0.6) is 0 Å². The van der Waals surface area contributed by atoms with Crippen LogP contribution in [0.1, 0.15) is 19.4 Å². The Morgan fingerprint density at radius 3 is 2.56 bits per heavy atom. The van der Waals surface area contributed by atoms with Gasteiger partial charge in [0.05, 0.1) is 34.7 Å². The third kappa shape index (κ3) is 4.66. The molecule has 2 aromatic carbocycles. The van der Waals surface area contributed by atoms with Gasteiger partial charge in [0.15, 0.2) is 0 Å². The summed E-state index contributed by atoms with van der Waals surface area (Å²) in [4.78, 5) is 16.6. The zero-order valence-electron chi connectivity index (χ0n) is 18.4. The topological polar surface area (TPSA) is 79.0 Å². The number of amides is 1. The third-order valence-electron chi connectivity index (χ3n) is 5.88. The number of carbonyl (C=O) groups is 1. The molecule has 2 aliphatic heterocycles. The molecule has 1 unspecified atom stereocenters. The summed E-state index contributed by atoms with van der Waals surface area (Å²) >= 11 is 1.56. The molecule has 0 bridgehead atoms. The van der Waals surface area contributed by atoms with Crippen LogP contribution in [0, 0.1) is 0 Å². The summed E-state index contributed by atoms with van der Waals surface area (Å²) in [6.07, 6.45) is 0.666. The fraction of sp³-hybridized carbons (Fsp3) is 0.435. The average Bonchev–Trinajstić information content (AvgIpc) is 3.26. The highest BCUT2D eigenvalue weighted by Crippen LogP contribution is 2.38. The van der Waals surface area contributed by atoms with Gasteiger partial charge in [0.1, 0.15) is 0 Å². The summed E-state index contributed by atoms with van der Waals surface area (Å²) in [5.74, 6) is -0.111. The monoisotopic (exact) mass is 475 g/mol. The van der Waals surface area contributed by atoms with Crippen LogP contribution in [0.15, 0.2) is 52.3 Å². The molecule has 9 heteroatoms. The Morgan fingerprint density at radius 2 is 1.88 bits per heavy atom. The Kier molecular flexibility index (Phi) is 7.09. The summed E-state index contributed by atoms with van der Waals surface area (Å²) in [5, 5.41) is 2.80. The van der Waals surface area contributed by atoms with Gasteiger partial charge in [-0.1, -0.05) is 18.2 Å². The number of nitrogens with one attached hydrogen (secondary N) is 1. The highest BCUT2D eigenvalue weighted by Gasteiger charge is 2.30. The summed E-state index contributed by atoms with van der Waals surface area (Å²) in [6, 6.07) is 13.1. The number of nitrogens with zero attached hydrogens (tertiary/aromatic N) is 2. The van der Waals surface area contributed by atoms with Crippen molar-refractivity contribution in [2.24, 2.45) is 0 Å². The second kappa shape index (κ2) is 9.82. The number of thioether (sulfide) groups is 1. The van der Waals surface area contributed by atoms with Crippen molar-refractivity contribution < 1.29 is 17.9 Å². The lowest BCUT2D eigenvalue weighted by Gasteiger charge is -2.28. The molecule has 0 saturated carbocycles. The van der Waals surface area contributed by atoms with Crippen LogP contribution in [0.25, 0.3) is 0 Å². The van der Waals surface area contributed by atoms with Crippen LogP contribution in [-0.4, -0.2) is 63.3 Å². The van der Waals surface area contributed by atoms with Gasteiger partial charge in [0, 0.05) is 31.1 Å². The van der Waals surface area contributed by atoms with Gasteiger partial charge in [-0.05, 0) is 50.1 Å². The number of fused-ring (bicyclic) bond motifs is 1. The van der Waals surface area contributed by atoms with E-state index in [-0.39, 0.29) is 16.1 Å². The van der Waals surface area contributed by atoms with E-state index in [2.05, 4.69) is 10.2 Å². The molecule has 172 valence electrons. The first-order chi connectivity index (χ1) is 15.4. The molecule has 0 aliphatic carbocycles. The lowest BCUT2D eigenvalue weighted by atomic mass is 10.1. The highest BCUT2D eigenvalue weighted by atomic mass is 32.2. The van der Waals surface area contributed by atoms with Gasteiger partial charge in [-0.3, -0.25) is 4.79 Å². The number of rotatable bonds is 7. The smallest absolute Gasteiger partial charge is 0.243 e. The molecule has 1 amide bonds. The van der Waals surface area contributed by atoms with Gasteiger partial charge in [-0.15, -0.1) is 11.8 Å². The number of benzene rings is 2. The Hall–Kier alpha value is -2.07. The molecule has 1 saturated heterocycles. The number of hydrogen-bond donors (Lipinski definition) is 1. The predicted octanol–water partition coefficient (Wildman–Crippen LogP) is 3.21. The maximum absolute atomic E-state index is 13.2. The van der Waals surface area contributed by atoms with Crippen molar-refractivity contribution in [1.82, 2.24) is 4.31 Å². The number of anilines is 2. The highest BCUT2D eigenvalue weighted by molar-refractivity contribution is 8.01. The van der Waals surface area contributed by atoms with Gasteiger partial charge in [0.2, 0.25) is 15.9 Å². The molecule has 7 nitrogen and oxygen atoms in total. The molecule has 0 aromatic heterocycles. The van der Waals surface area contributed by atoms with E-state index in [1.165, 1.54) is 9.87 Å². The number of ether oxygens (including phenoxy) is 1. The van der Waals surface area contributed by atoms with Crippen molar-refractivity contribution in [2.45, 2.75) is 35.3 Å². The molecule has 2 heterocycles. The third-order valence-corrected chi connectivity index (χ3v) is 9.09. The molecule has 2 aromatic rings. The molecule has 0 spiro atoms. The Labute approximate surface area is 194 Å². The van der Waals surface area contributed by atoms with Gasteiger partial charge < -0.3 is 15.0 Å². The molecule has 1 N–H and O–H groups in total. The van der Waals surface area contributed by atoms with Crippen LogP contribution in [0.3, 0.4) is 0 Å². The SMILES string of the molecule is CCN(CC)c1ccc(S(=O)(=O)N2CCOCC2)cc1NC(=O)C1Cc2ccccc2S1. The molecule has 0 radical (unpaired) electrons. The molecule has 4 rings (SSSR count). The van der Waals surface area contributed by atoms with E-state index in [1.807, 2.05) is 38.1 Å². The van der Waals surface area contributed by atoms with E-state index >= 15 is 0 Å². The summed E-state index contributed by atoms with van der Waals surface area (Å²) in [7, 11) is -3.66. The van der Waals surface area contributed by atoms with Crippen molar-refractivity contribution in [2.75, 3.05) is 49.6 Å². The Morgan fingerprint density at radius 1 is 1.16 bits per heavy atom. The number of hydrogen-bond acceptors (Lipinski definition) is 6. The minimum atomic E-state index is -3.66. The van der Waals surface area contributed by atoms with Crippen molar-refractivity contribution in [3.8, 4) is 0 Å². The van der Waals surface area contributed by atoms with Crippen LogP contribution in [0.2, 0.25) is 0 Å². The van der Waals surface area contributed by atoms with Gasteiger partial charge >= 0.3 is 0 Å². The summed E-state index contributed by atoms with van der Waals surface area (Å²) < 4.78 is 33.1. The fourth-order valence-corrected chi connectivity index (χ4v) is 6.72. The largest absolute Gasteiger partial charge is 0.379 e. The second-order valence-electron chi connectivity index (χ2n) is 7.78. The molecule has 2 aliphatic rings. The van der Waals surface area contributed by atoms with Gasteiger partial charge in [-0.25, -0.2) is 8.42 Å². The summed E-state index contributed by atoms with van der Waals surface area (Å²) in [5.41, 5.74) is 2.53. The van der Waals surface area contributed by atoms with E-state index < -0.39 is 10.0 Å². The average molecular weight is 476 g/mol. The number of morpholine rings is 1.